The highest BCUT2D eigenvalue weighted by atomic mass is 16.4. The molecule has 10 atom stereocenters. The van der Waals surface area contributed by atoms with Gasteiger partial charge < -0.3 is 10.2 Å². The number of hydrogen-bond acceptors (Lipinski definition) is 2. The van der Waals surface area contributed by atoms with Crippen LogP contribution >= 0.6 is 0 Å². The zero-order valence-electron chi connectivity index (χ0n) is 22.2. The van der Waals surface area contributed by atoms with Gasteiger partial charge in [0.2, 0.25) is 0 Å². The normalized spacial score (nSPS) is 55.3. The second kappa shape index (κ2) is 7.11. The van der Waals surface area contributed by atoms with E-state index in [4.69, 9.17) is 0 Å². The molecular weight excluding hydrogens is 408 g/mol. The summed E-state index contributed by atoms with van der Waals surface area (Å²) in [7, 11) is 0. The Balaban J connectivity index is 1.61. The van der Waals surface area contributed by atoms with Gasteiger partial charge in [-0.1, -0.05) is 60.1 Å². The molecule has 0 bridgehead atoms. The first-order valence-corrected chi connectivity index (χ1v) is 13.9. The van der Waals surface area contributed by atoms with E-state index in [-0.39, 0.29) is 33.7 Å². The lowest BCUT2D eigenvalue weighted by atomic mass is 9.33. The fraction of sp³-hybridized carbons (Fsp3) is 0.900. The third-order valence-corrected chi connectivity index (χ3v) is 13.4. The molecule has 0 aromatic rings. The van der Waals surface area contributed by atoms with Gasteiger partial charge in [-0.15, -0.1) is 0 Å². The maximum atomic E-state index is 12.8. The predicted molar refractivity (Wildman–Crippen MR) is 133 cm³/mol. The van der Waals surface area contributed by atoms with Gasteiger partial charge in [0, 0.05) is 0 Å². The molecule has 0 saturated heterocycles. The Bertz CT molecular complexity index is 874. The number of aliphatic carboxylic acids is 1. The summed E-state index contributed by atoms with van der Waals surface area (Å²) in [5, 5.41) is 21.4. The zero-order valence-corrected chi connectivity index (χ0v) is 22.2. The second-order valence-electron chi connectivity index (χ2n) is 14.5. The molecule has 5 aliphatic carbocycles. The lowest BCUT2D eigenvalue weighted by Gasteiger charge is -2.71. The van der Waals surface area contributed by atoms with Crippen molar-refractivity contribution in [2.75, 3.05) is 0 Å². The van der Waals surface area contributed by atoms with Gasteiger partial charge in [0.05, 0.1) is 11.5 Å². The molecular formula is C30H48O3. The molecule has 0 aromatic carbocycles. The number of aliphatic hydroxyl groups is 1. The van der Waals surface area contributed by atoms with E-state index in [1.807, 2.05) is 0 Å². The molecule has 4 fully saturated rings. The van der Waals surface area contributed by atoms with Crippen LogP contribution in [0.1, 0.15) is 106 Å². The van der Waals surface area contributed by atoms with E-state index >= 15 is 0 Å². The molecule has 3 heteroatoms. The summed E-state index contributed by atoms with van der Waals surface area (Å²) < 4.78 is 0. The van der Waals surface area contributed by atoms with Gasteiger partial charge in [-0.3, -0.25) is 4.79 Å². The Morgan fingerprint density at radius 1 is 0.909 bits per heavy atom. The van der Waals surface area contributed by atoms with Crippen molar-refractivity contribution in [1.82, 2.24) is 0 Å². The van der Waals surface area contributed by atoms with Crippen molar-refractivity contribution in [3.8, 4) is 0 Å². The van der Waals surface area contributed by atoms with Crippen molar-refractivity contribution in [3.63, 3.8) is 0 Å². The molecule has 0 aromatic heterocycles. The van der Waals surface area contributed by atoms with Crippen LogP contribution in [-0.4, -0.2) is 22.3 Å². The summed E-state index contributed by atoms with van der Waals surface area (Å²) in [5.41, 5.74) is 1.46. The van der Waals surface area contributed by atoms with Crippen molar-refractivity contribution in [3.05, 3.63) is 11.6 Å². The van der Waals surface area contributed by atoms with Crippen LogP contribution in [0.15, 0.2) is 11.6 Å². The molecule has 0 aliphatic heterocycles. The quantitative estimate of drug-likeness (QED) is 0.414. The number of allylic oxidation sites excluding steroid dienone is 2. The van der Waals surface area contributed by atoms with E-state index in [0.717, 1.165) is 44.9 Å². The van der Waals surface area contributed by atoms with Crippen LogP contribution in [0.2, 0.25) is 0 Å². The number of carboxylic acid groups (broad SMARTS) is 1. The molecule has 5 aliphatic rings. The van der Waals surface area contributed by atoms with Crippen molar-refractivity contribution in [1.29, 1.82) is 0 Å². The molecule has 0 radical (unpaired) electrons. The average Bonchev–Trinajstić information content (AvgIpc) is 2.74. The molecule has 5 unspecified atom stereocenters. The van der Waals surface area contributed by atoms with Crippen LogP contribution in [0.25, 0.3) is 0 Å². The van der Waals surface area contributed by atoms with E-state index in [0.29, 0.717) is 23.7 Å². The average molecular weight is 457 g/mol. The molecule has 5 rings (SSSR count). The minimum Gasteiger partial charge on any atom is -0.481 e. The highest BCUT2D eigenvalue weighted by molar-refractivity contribution is 5.76. The number of carboxylic acids is 1. The Hall–Kier alpha value is -0.830. The van der Waals surface area contributed by atoms with Gasteiger partial charge in [0.1, 0.15) is 0 Å². The zero-order chi connectivity index (χ0) is 24.2. The summed E-state index contributed by atoms with van der Waals surface area (Å²) in [5.74, 6) is 1.82. The maximum absolute atomic E-state index is 12.8. The lowest BCUT2D eigenvalue weighted by Crippen LogP contribution is -2.65. The van der Waals surface area contributed by atoms with Gasteiger partial charge in [0.25, 0.3) is 0 Å². The van der Waals surface area contributed by atoms with Crippen LogP contribution in [0.4, 0.5) is 0 Å². The Kier molecular flexibility index (Phi) is 5.15. The molecule has 0 amide bonds. The first-order chi connectivity index (χ1) is 15.3. The van der Waals surface area contributed by atoms with Crippen LogP contribution < -0.4 is 0 Å². The van der Waals surface area contributed by atoms with Gasteiger partial charge in [0.15, 0.2) is 0 Å². The van der Waals surface area contributed by atoms with E-state index in [9.17, 15) is 15.0 Å². The van der Waals surface area contributed by atoms with Crippen LogP contribution in [-0.2, 0) is 4.79 Å². The Labute approximate surface area is 201 Å². The summed E-state index contributed by atoms with van der Waals surface area (Å²) in [6.07, 6.45) is 11.6. The topological polar surface area (TPSA) is 57.5 Å². The first kappa shape index (κ1) is 23.9. The Morgan fingerprint density at radius 2 is 1.61 bits per heavy atom. The molecule has 33 heavy (non-hydrogen) atoms. The lowest BCUT2D eigenvalue weighted by molar-refractivity contribution is -0.206. The smallest absolute Gasteiger partial charge is 0.310 e. The SMILES string of the molecule is CC1CC[C@]2(C(=O)O)CC[C@]3(C)C(=CCC4[C@@]5(C)CC[C@H](O)C(C)(C)C5CC[C@]43C)C2C1C. The van der Waals surface area contributed by atoms with E-state index in [1.165, 1.54) is 18.4 Å². The van der Waals surface area contributed by atoms with Crippen molar-refractivity contribution >= 4 is 5.97 Å². The highest BCUT2D eigenvalue weighted by Gasteiger charge is 2.69. The summed E-state index contributed by atoms with van der Waals surface area (Å²) in [4.78, 5) is 12.8. The van der Waals surface area contributed by atoms with Crippen LogP contribution in [0.3, 0.4) is 0 Å². The Morgan fingerprint density at radius 3 is 2.27 bits per heavy atom. The van der Waals surface area contributed by atoms with Gasteiger partial charge >= 0.3 is 5.97 Å². The molecule has 186 valence electrons. The maximum Gasteiger partial charge on any atom is 0.310 e. The van der Waals surface area contributed by atoms with E-state index < -0.39 is 11.4 Å². The number of rotatable bonds is 1. The monoisotopic (exact) mass is 456 g/mol. The second-order valence-corrected chi connectivity index (χ2v) is 14.5. The molecule has 0 spiro atoms. The standard InChI is InChI=1S/C30H48O3/c1-18-10-15-30(25(32)33)17-16-28(6)20(24(30)19(18)2)8-9-22-27(5)13-12-23(31)26(3,4)21(27)11-14-29(22,28)7/h8,18-19,21-24,31H,9-17H2,1-7H3,(H,32,33)/t18?,19?,21?,22?,23-,24?,27-,28+,29+,30-/m0/s1. The molecule has 3 nitrogen and oxygen atoms in total. The van der Waals surface area contributed by atoms with Crippen LogP contribution in [0, 0.1) is 56.7 Å². The van der Waals surface area contributed by atoms with Crippen molar-refractivity contribution in [2.24, 2.45) is 56.7 Å². The summed E-state index contributed by atoms with van der Waals surface area (Å²) in [6, 6.07) is 0. The summed E-state index contributed by atoms with van der Waals surface area (Å²) in [6.45, 7) is 17.0. The predicted octanol–water partition coefficient (Wildman–Crippen LogP) is 7.09. The number of aliphatic hydroxyl groups excluding tert-OH is 1. The number of carbonyl (C=O) groups is 1. The molecule has 0 heterocycles. The fourth-order valence-electron chi connectivity index (χ4n) is 10.8. The van der Waals surface area contributed by atoms with Gasteiger partial charge in [-0.25, -0.2) is 0 Å². The largest absolute Gasteiger partial charge is 0.481 e. The van der Waals surface area contributed by atoms with Gasteiger partial charge in [-0.2, -0.15) is 0 Å². The van der Waals surface area contributed by atoms with Crippen molar-refractivity contribution in [2.45, 2.75) is 112 Å². The van der Waals surface area contributed by atoms with Crippen LogP contribution in [0.5, 0.6) is 0 Å². The first-order valence-electron chi connectivity index (χ1n) is 13.9. The van der Waals surface area contributed by atoms with Crippen molar-refractivity contribution < 1.29 is 15.0 Å². The fourth-order valence-corrected chi connectivity index (χ4v) is 10.8. The van der Waals surface area contributed by atoms with E-state index in [1.54, 1.807) is 0 Å². The van der Waals surface area contributed by atoms with E-state index in [2.05, 4.69) is 54.5 Å². The minimum atomic E-state index is -0.557. The summed E-state index contributed by atoms with van der Waals surface area (Å²) >= 11 is 0. The molecule has 2 N–H and O–H groups in total. The third kappa shape index (κ3) is 2.75. The minimum absolute atomic E-state index is 0.0302. The van der Waals surface area contributed by atoms with Gasteiger partial charge in [-0.05, 0) is 109 Å². The number of fused-ring (bicyclic) bond motifs is 7. The highest BCUT2D eigenvalue weighted by Crippen LogP contribution is 2.75. The third-order valence-electron chi connectivity index (χ3n) is 13.4. The molecule has 4 saturated carbocycles. The number of hydrogen-bond donors (Lipinski definition) is 2.